The third kappa shape index (κ3) is 4.43. The summed E-state index contributed by atoms with van der Waals surface area (Å²) in [7, 11) is 0. The van der Waals surface area contributed by atoms with Crippen LogP contribution in [0.15, 0.2) is 54.6 Å². The Balaban J connectivity index is 2.06. The first-order valence-corrected chi connectivity index (χ1v) is 8.04. The summed E-state index contributed by atoms with van der Waals surface area (Å²) in [5.74, 6) is -0.332. The van der Waals surface area contributed by atoms with E-state index < -0.39 is 0 Å². The van der Waals surface area contributed by atoms with Gasteiger partial charge in [-0.3, -0.25) is 9.59 Å². The van der Waals surface area contributed by atoms with Gasteiger partial charge in [0.05, 0.1) is 11.4 Å². The van der Waals surface area contributed by atoms with Crippen LogP contribution in [0.25, 0.3) is 0 Å². The Morgan fingerprint density at radius 1 is 1.09 bits per heavy atom. The highest BCUT2D eigenvalue weighted by molar-refractivity contribution is 9.09. The molecular formula is C17H17BrN2O2. The molecule has 0 radical (unpaired) electrons. The van der Waals surface area contributed by atoms with Crippen molar-refractivity contribution in [3.8, 4) is 0 Å². The van der Waals surface area contributed by atoms with Crippen molar-refractivity contribution in [2.45, 2.75) is 13.0 Å². The second-order valence-corrected chi connectivity index (χ2v) is 5.43. The zero-order chi connectivity index (χ0) is 15.9. The minimum atomic E-state index is -0.175. The number of carbonyl (C=O) groups is 2. The van der Waals surface area contributed by atoms with Gasteiger partial charge in [0.1, 0.15) is 0 Å². The second kappa shape index (κ2) is 7.75. The highest BCUT2D eigenvalue weighted by Crippen LogP contribution is 2.15. The quantitative estimate of drug-likeness (QED) is 0.801. The van der Waals surface area contributed by atoms with Crippen molar-refractivity contribution < 1.29 is 9.59 Å². The number of nitrogens with one attached hydrogen (secondary N) is 2. The molecule has 0 saturated heterocycles. The normalized spacial score (nSPS) is 11.5. The molecule has 0 saturated carbocycles. The number of amides is 2. The van der Waals surface area contributed by atoms with E-state index in [9.17, 15) is 9.59 Å². The van der Waals surface area contributed by atoms with E-state index in [1.54, 1.807) is 24.3 Å². The Bertz CT molecular complexity index is 659. The number of rotatable bonds is 5. The second-order valence-electron chi connectivity index (χ2n) is 4.87. The van der Waals surface area contributed by atoms with Gasteiger partial charge in [0.15, 0.2) is 0 Å². The van der Waals surface area contributed by atoms with Gasteiger partial charge in [-0.1, -0.05) is 52.3 Å². The molecule has 0 aliphatic carbocycles. The first-order valence-electron chi connectivity index (χ1n) is 6.92. The molecule has 5 heteroatoms. The van der Waals surface area contributed by atoms with Crippen molar-refractivity contribution in [3.05, 3.63) is 65.7 Å². The number of hydrogen-bond donors (Lipinski definition) is 2. The van der Waals surface area contributed by atoms with Crippen molar-refractivity contribution in [3.63, 3.8) is 0 Å². The molecule has 2 rings (SSSR count). The SMILES string of the molecule is C[C@H](NC(=O)c1cccc(NC(=O)CBr)c1)c1ccccc1. The molecule has 0 aromatic heterocycles. The Hall–Kier alpha value is -2.14. The fraction of sp³-hybridized carbons (Fsp3) is 0.176. The van der Waals surface area contributed by atoms with Crippen molar-refractivity contribution in [1.82, 2.24) is 5.32 Å². The first-order chi connectivity index (χ1) is 10.6. The van der Waals surface area contributed by atoms with Crippen LogP contribution in [0, 0.1) is 0 Å². The molecule has 0 aliphatic rings. The summed E-state index contributed by atoms with van der Waals surface area (Å²) in [6.07, 6.45) is 0. The van der Waals surface area contributed by atoms with Gasteiger partial charge in [-0.25, -0.2) is 0 Å². The molecule has 2 N–H and O–H groups in total. The average molecular weight is 361 g/mol. The molecule has 2 aromatic carbocycles. The summed E-state index contributed by atoms with van der Waals surface area (Å²) in [6, 6.07) is 16.5. The topological polar surface area (TPSA) is 58.2 Å². The molecule has 0 spiro atoms. The maximum absolute atomic E-state index is 12.3. The average Bonchev–Trinajstić information content (AvgIpc) is 2.55. The van der Waals surface area contributed by atoms with Gasteiger partial charge in [0.25, 0.3) is 5.91 Å². The summed E-state index contributed by atoms with van der Waals surface area (Å²) in [5, 5.41) is 5.87. The predicted octanol–water partition coefficient (Wildman–Crippen LogP) is 3.51. The van der Waals surface area contributed by atoms with Gasteiger partial charge in [-0.2, -0.15) is 0 Å². The van der Waals surface area contributed by atoms with E-state index in [0.29, 0.717) is 11.3 Å². The molecule has 1 atom stereocenters. The van der Waals surface area contributed by atoms with E-state index in [2.05, 4.69) is 26.6 Å². The molecule has 2 amide bonds. The molecule has 0 heterocycles. The monoisotopic (exact) mass is 360 g/mol. The Morgan fingerprint density at radius 2 is 1.82 bits per heavy atom. The minimum Gasteiger partial charge on any atom is -0.346 e. The molecular weight excluding hydrogens is 344 g/mol. The van der Waals surface area contributed by atoms with Crippen LogP contribution >= 0.6 is 15.9 Å². The van der Waals surface area contributed by atoms with Gasteiger partial charge < -0.3 is 10.6 Å². The highest BCUT2D eigenvalue weighted by atomic mass is 79.9. The standard InChI is InChI=1S/C17H17BrN2O2/c1-12(13-6-3-2-4-7-13)19-17(22)14-8-5-9-15(10-14)20-16(21)11-18/h2-10,12H,11H2,1H3,(H,19,22)(H,20,21)/t12-/m0/s1. The van der Waals surface area contributed by atoms with Gasteiger partial charge >= 0.3 is 0 Å². The zero-order valence-electron chi connectivity index (χ0n) is 12.2. The fourth-order valence-electron chi connectivity index (χ4n) is 2.04. The van der Waals surface area contributed by atoms with E-state index in [1.807, 2.05) is 37.3 Å². The van der Waals surface area contributed by atoms with Gasteiger partial charge in [-0.15, -0.1) is 0 Å². The summed E-state index contributed by atoms with van der Waals surface area (Å²) in [4.78, 5) is 23.7. The van der Waals surface area contributed by atoms with Crippen LogP contribution in [0.2, 0.25) is 0 Å². The van der Waals surface area contributed by atoms with E-state index in [0.717, 1.165) is 5.56 Å². The molecule has 0 unspecified atom stereocenters. The van der Waals surface area contributed by atoms with Gasteiger partial charge in [-0.05, 0) is 30.7 Å². The smallest absolute Gasteiger partial charge is 0.251 e. The summed E-state index contributed by atoms with van der Waals surface area (Å²) in [5.41, 5.74) is 2.15. The minimum absolute atomic E-state index is 0.0884. The van der Waals surface area contributed by atoms with Crippen LogP contribution in [0.3, 0.4) is 0 Å². The lowest BCUT2D eigenvalue weighted by Crippen LogP contribution is -2.26. The third-order valence-electron chi connectivity index (χ3n) is 3.18. The Kier molecular flexibility index (Phi) is 5.72. The number of carbonyl (C=O) groups excluding carboxylic acids is 2. The van der Waals surface area contributed by atoms with Gasteiger partial charge in [0.2, 0.25) is 5.91 Å². The maximum Gasteiger partial charge on any atom is 0.251 e. The summed E-state index contributed by atoms with van der Waals surface area (Å²) in [6.45, 7) is 1.93. The number of benzene rings is 2. The van der Waals surface area contributed by atoms with Crippen molar-refractivity contribution >= 4 is 33.4 Å². The summed E-state index contributed by atoms with van der Waals surface area (Å²) < 4.78 is 0. The lowest BCUT2D eigenvalue weighted by Gasteiger charge is -2.14. The third-order valence-corrected chi connectivity index (χ3v) is 3.69. The predicted molar refractivity (Wildman–Crippen MR) is 91.2 cm³/mol. The molecule has 0 aliphatic heterocycles. The maximum atomic E-state index is 12.3. The lowest BCUT2D eigenvalue weighted by molar-refractivity contribution is -0.113. The molecule has 114 valence electrons. The zero-order valence-corrected chi connectivity index (χ0v) is 13.8. The van der Waals surface area contributed by atoms with Crippen LogP contribution in [0.5, 0.6) is 0 Å². The lowest BCUT2D eigenvalue weighted by atomic mass is 10.1. The number of halogens is 1. The van der Waals surface area contributed by atoms with E-state index in [1.165, 1.54) is 0 Å². The first kappa shape index (κ1) is 16.2. The van der Waals surface area contributed by atoms with Gasteiger partial charge in [0, 0.05) is 11.3 Å². The van der Waals surface area contributed by atoms with Crippen LogP contribution in [0.1, 0.15) is 28.9 Å². The fourth-order valence-corrected chi connectivity index (χ4v) is 2.18. The van der Waals surface area contributed by atoms with E-state index >= 15 is 0 Å². The molecule has 0 bridgehead atoms. The van der Waals surface area contributed by atoms with Crippen molar-refractivity contribution in [2.75, 3.05) is 10.6 Å². The molecule has 0 fully saturated rings. The largest absolute Gasteiger partial charge is 0.346 e. The Labute approximate surface area is 138 Å². The molecule has 2 aromatic rings. The van der Waals surface area contributed by atoms with Crippen LogP contribution in [0.4, 0.5) is 5.69 Å². The van der Waals surface area contributed by atoms with E-state index in [4.69, 9.17) is 0 Å². The summed E-state index contributed by atoms with van der Waals surface area (Å²) >= 11 is 3.09. The van der Waals surface area contributed by atoms with Crippen LogP contribution < -0.4 is 10.6 Å². The van der Waals surface area contributed by atoms with Crippen molar-refractivity contribution in [2.24, 2.45) is 0 Å². The molecule has 4 nitrogen and oxygen atoms in total. The van der Waals surface area contributed by atoms with E-state index in [-0.39, 0.29) is 23.2 Å². The molecule has 22 heavy (non-hydrogen) atoms. The van der Waals surface area contributed by atoms with Crippen molar-refractivity contribution in [1.29, 1.82) is 0 Å². The highest BCUT2D eigenvalue weighted by Gasteiger charge is 2.12. The van der Waals surface area contributed by atoms with Crippen LogP contribution in [-0.4, -0.2) is 17.1 Å². The number of alkyl halides is 1. The number of anilines is 1. The number of hydrogen-bond acceptors (Lipinski definition) is 2. The Morgan fingerprint density at radius 3 is 2.50 bits per heavy atom. The van der Waals surface area contributed by atoms with Crippen LogP contribution in [-0.2, 0) is 4.79 Å².